The molecule has 0 aromatic heterocycles. The van der Waals surface area contributed by atoms with E-state index in [0.717, 1.165) is 17.1 Å². The standard InChI is InChI=1S/C15H17N3O2/c1-18(13-5-3-4-6-14(13)20-2)12-9-7-11(8-10-12)15(16)17-19/h3-10,19H,1-2H3,(H2,16,17). The first kappa shape index (κ1) is 13.7. The fourth-order valence-electron chi connectivity index (χ4n) is 1.96. The quantitative estimate of drug-likeness (QED) is 0.388. The number of benzene rings is 2. The zero-order valence-electron chi connectivity index (χ0n) is 11.4. The number of hydrogen-bond acceptors (Lipinski definition) is 4. The molecule has 0 fully saturated rings. The van der Waals surface area contributed by atoms with Crippen LogP contribution in [0.4, 0.5) is 11.4 Å². The molecular weight excluding hydrogens is 254 g/mol. The largest absolute Gasteiger partial charge is 0.495 e. The van der Waals surface area contributed by atoms with Crippen LogP contribution in [-0.4, -0.2) is 25.2 Å². The number of para-hydroxylation sites is 2. The lowest BCUT2D eigenvalue weighted by Crippen LogP contribution is -2.14. The zero-order valence-corrected chi connectivity index (χ0v) is 11.4. The Bertz CT molecular complexity index is 609. The van der Waals surface area contributed by atoms with Crippen LogP contribution in [0.5, 0.6) is 5.75 Å². The highest BCUT2D eigenvalue weighted by molar-refractivity contribution is 5.97. The average Bonchev–Trinajstić information content (AvgIpc) is 2.53. The van der Waals surface area contributed by atoms with Gasteiger partial charge >= 0.3 is 0 Å². The molecule has 0 saturated carbocycles. The molecule has 0 aliphatic heterocycles. The molecule has 0 unspecified atom stereocenters. The minimum absolute atomic E-state index is 0.0940. The lowest BCUT2D eigenvalue weighted by atomic mass is 10.1. The van der Waals surface area contributed by atoms with Crippen LogP contribution in [0.25, 0.3) is 0 Å². The maximum absolute atomic E-state index is 8.65. The number of nitrogens with two attached hydrogens (primary N) is 1. The molecule has 5 heteroatoms. The van der Waals surface area contributed by atoms with Crippen molar-refractivity contribution >= 4 is 17.2 Å². The first-order valence-electron chi connectivity index (χ1n) is 6.12. The third-order valence-corrected chi connectivity index (χ3v) is 3.10. The lowest BCUT2D eigenvalue weighted by molar-refractivity contribution is 0.318. The summed E-state index contributed by atoms with van der Waals surface area (Å²) in [5.74, 6) is 0.895. The number of ether oxygens (including phenoxy) is 1. The van der Waals surface area contributed by atoms with Gasteiger partial charge in [-0.3, -0.25) is 0 Å². The maximum atomic E-state index is 8.65. The van der Waals surface area contributed by atoms with Gasteiger partial charge in [-0.1, -0.05) is 17.3 Å². The summed E-state index contributed by atoms with van der Waals surface area (Å²) in [6, 6.07) is 15.2. The molecule has 0 aliphatic carbocycles. The van der Waals surface area contributed by atoms with Gasteiger partial charge in [-0.05, 0) is 36.4 Å². The van der Waals surface area contributed by atoms with Crippen LogP contribution < -0.4 is 15.4 Å². The Balaban J connectivity index is 2.31. The van der Waals surface area contributed by atoms with Crippen LogP contribution in [0, 0.1) is 0 Å². The number of nitrogens with zero attached hydrogens (tertiary/aromatic N) is 2. The summed E-state index contributed by atoms with van der Waals surface area (Å²) in [6.45, 7) is 0. The SMILES string of the molecule is COc1ccccc1N(C)c1ccc(C(N)=NO)cc1. The average molecular weight is 271 g/mol. The molecule has 0 saturated heterocycles. The van der Waals surface area contributed by atoms with Crippen molar-refractivity contribution in [3.8, 4) is 5.75 Å². The number of amidine groups is 1. The number of rotatable bonds is 4. The summed E-state index contributed by atoms with van der Waals surface area (Å²) in [7, 11) is 3.60. The Morgan fingerprint density at radius 1 is 1.15 bits per heavy atom. The fourth-order valence-corrected chi connectivity index (χ4v) is 1.96. The molecule has 0 atom stereocenters. The number of methoxy groups -OCH3 is 1. The zero-order chi connectivity index (χ0) is 14.5. The second-order valence-corrected chi connectivity index (χ2v) is 4.26. The highest BCUT2D eigenvalue weighted by atomic mass is 16.5. The third-order valence-electron chi connectivity index (χ3n) is 3.10. The molecule has 2 rings (SSSR count). The van der Waals surface area contributed by atoms with Crippen LogP contribution in [0.1, 0.15) is 5.56 Å². The van der Waals surface area contributed by atoms with Crippen LogP contribution in [-0.2, 0) is 0 Å². The first-order chi connectivity index (χ1) is 9.67. The summed E-state index contributed by atoms with van der Waals surface area (Å²) in [5, 5.41) is 11.6. The van der Waals surface area contributed by atoms with Crippen LogP contribution in [0.2, 0.25) is 0 Å². The lowest BCUT2D eigenvalue weighted by Gasteiger charge is -2.22. The van der Waals surface area contributed by atoms with E-state index in [-0.39, 0.29) is 5.84 Å². The molecule has 3 N–H and O–H groups in total. The molecule has 0 heterocycles. The third kappa shape index (κ3) is 2.66. The van der Waals surface area contributed by atoms with Gasteiger partial charge in [0.1, 0.15) is 5.75 Å². The van der Waals surface area contributed by atoms with Gasteiger partial charge in [0.15, 0.2) is 5.84 Å². The van der Waals surface area contributed by atoms with E-state index in [1.54, 1.807) is 19.2 Å². The van der Waals surface area contributed by atoms with Gasteiger partial charge < -0.3 is 20.6 Å². The van der Waals surface area contributed by atoms with E-state index in [9.17, 15) is 0 Å². The predicted octanol–water partition coefficient (Wildman–Crippen LogP) is 2.56. The van der Waals surface area contributed by atoms with E-state index >= 15 is 0 Å². The molecule has 0 radical (unpaired) electrons. The van der Waals surface area contributed by atoms with Crippen molar-refractivity contribution in [2.75, 3.05) is 19.1 Å². The monoisotopic (exact) mass is 271 g/mol. The van der Waals surface area contributed by atoms with E-state index in [2.05, 4.69) is 5.16 Å². The van der Waals surface area contributed by atoms with Crippen molar-refractivity contribution < 1.29 is 9.94 Å². The molecular formula is C15H17N3O2. The van der Waals surface area contributed by atoms with E-state index in [4.69, 9.17) is 15.7 Å². The Hall–Kier alpha value is -2.69. The number of oxime groups is 1. The van der Waals surface area contributed by atoms with E-state index < -0.39 is 0 Å². The molecule has 0 amide bonds. The molecule has 5 nitrogen and oxygen atoms in total. The normalized spacial score (nSPS) is 11.2. The van der Waals surface area contributed by atoms with E-state index in [1.165, 1.54) is 0 Å². The van der Waals surface area contributed by atoms with Crippen LogP contribution in [0.15, 0.2) is 53.7 Å². The minimum atomic E-state index is 0.0940. The number of hydrogen-bond donors (Lipinski definition) is 2. The molecule has 20 heavy (non-hydrogen) atoms. The second kappa shape index (κ2) is 5.97. The smallest absolute Gasteiger partial charge is 0.170 e. The van der Waals surface area contributed by atoms with Crippen molar-refractivity contribution in [2.45, 2.75) is 0 Å². The van der Waals surface area contributed by atoms with Gasteiger partial charge in [0, 0.05) is 18.3 Å². The summed E-state index contributed by atoms with van der Waals surface area (Å²) in [4.78, 5) is 2.01. The fraction of sp³-hybridized carbons (Fsp3) is 0.133. The first-order valence-corrected chi connectivity index (χ1v) is 6.12. The van der Waals surface area contributed by atoms with Crippen LogP contribution >= 0.6 is 0 Å². The number of anilines is 2. The Kier molecular flexibility index (Phi) is 4.10. The summed E-state index contributed by atoms with van der Waals surface area (Å²) in [5.41, 5.74) is 8.15. The molecule has 0 spiro atoms. The molecule has 0 bridgehead atoms. The molecule has 104 valence electrons. The Morgan fingerprint density at radius 2 is 1.80 bits per heavy atom. The highest BCUT2D eigenvalue weighted by Gasteiger charge is 2.09. The molecule has 2 aromatic carbocycles. The van der Waals surface area contributed by atoms with Gasteiger partial charge in [0.25, 0.3) is 0 Å². The van der Waals surface area contributed by atoms with Crippen molar-refractivity contribution in [3.05, 3.63) is 54.1 Å². The maximum Gasteiger partial charge on any atom is 0.170 e. The van der Waals surface area contributed by atoms with Gasteiger partial charge in [-0.2, -0.15) is 0 Å². The molecule has 0 aliphatic rings. The molecule has 2 aromatic rings. The van der Waals surface area contributed by atoms with E-state index in [0.29, 0.717) is 5.56 Å². The van der Waals surface area contributed by atoms with Gasteiger partial charge in [0.05, 0.1) is 12.8 Å². The van der Waals surface area contributed by atoms with Crippen LogP contribution in [0.3, 0.4) is 0 Å². The minimum Gasteiger partial charge on any atom is -0.495 e. The van der Waals surface area contributed by atoms with Crippen molar-refractivity contribution in [1.82, 2.24) is 0 Å². The predicted molar refractivity (Wildman–Crippen MR) is 80.0 cm³/mol. The topological polar surface area (TPSA) is 71.1 Å². The van der Waals surface area contributed by atoms with Gasteiger partial charge in [-0.15, -0.1) is 0 Å². The summed E-state index contributed by atoms with van der Waals surface area (Å²) in [6.07, 6.45) is 0. The Morgan fingerprint density at radius 3 is 2.40 bits per heavy atom. The van der Waals surface area contributed by atoms with Crippen molar-refractivity contribution in [2.24, 2.45) is 10.9 Å². The van der Waals surface area contributed by atoms with Crippen molar-refractivity contribution in [3.63, 3.8) is 0 Å². The van der Waals surface area contributed by atoms with Gasteiger partial charge in [0.2, 0.25) is 0 Å². The van der Waals surface area contributed by atoms with E-state index in [1.807, 2.05) is 48.3 Å². The van der Waals surface area contributed by atoms with Gasteiger partial charge in [-0.25, -0.2) is 0 Å². The summed E-state index contributed by atoms with van der Waals surface area (Å²) < 4.78 is 5.35. The summed E-state index contributed by atoms with van der Waals surface area (Å²) >= 11 is 0. The highest BCUT2D eigenvalue weighted by Crippen LogP contribution is 2.32. The van der Waals surface area contributed by atoms with Crippen molar-refractivity contribution in [1.29, 1.82) is 0 Å². The second-order valence-electron chi connectivity index (χ2n) is 4.26. The Labute approximate surface area is 117 Å².